The molecule has 0 saturated carbocycles. The van der Waals surface area contributed by atoms with Crippen LogP contribution in [0.4, 0.5) is 0 Å². The van der Waals surface area contributed by atoms with Crippen LogP contribution in [0.1, 0.15) is 19.3 Å². The third-order valence-electron chi connectivity index (χ3n) is 1.90. The molecule has 1 saturated heterocycles. The van der Waals surface area contributed by atoms with Gasteiger partial charge in [0.2, 0.25) is 0 Å². The van der Waals surface area contributed by atoms with Crippen LogP contribution in [0.2, 0.25) is 6.04 Å². The minimum atomic E-state index is -0.00153. The normalized spacial score (nSPS) is 25.2. The smallest absolute Gasteiger partial charge is 0.306 e. The summed E-state index contributed by atoms with van der Waals surface area (Å²) >= 11 is 0. The second-order valence-corrected chi connectivity index (χ2v) is 3.90. The predicted octanol–water partition coefficient (Wildman–Crippen LogP) is 0.113. The van der Waals surface area contributed by atoms with E-state index < -0.39 is 0 Å². The lowest BCUT2D eigenvalue weighted by Crippen LogP contribution is -1.98. The molecule has 0 bridgehead atoms. The lowest BCUT2D eigenvalue weighted by Gasteiger charge is -2.01. The van der Waals surface area contributed by atoms with E-state index in [0.717, 1.165) is 0 Å². The minimum absolute atomic E-state index is 0.00153. The summed E-state index contributed by atoms with van der Waals surface area (Å²) in [6, 6.07) is 1.35. The summed E-state index contributed by atoms with van der Waals surface area (Å²) in [6.07, 6.45) is 3.14. The maximum Gasteiger partial charge on any atom is 0.306 e. The fourth-order valence-electron chi connectivity index (χ4n) is 1.24. The molecule has 1 fully saturated rings. The third kappa shape index (κ3) is 2.14. The highest BCUT2D eigenvalue weighted by atomic mass is 28.1. The van der Waals surface area contributed by atoms with E-state index in [2.05, 4.69) is 0 Å². The number of rotatable bonds is 3. The fraction of sp³-hybridized carbons (Fsp3) is 0.857. The first-order valence-corrected chi connectivity index (χ1v) is 5.40. The number of carbonyl (C=O) groups is 1. The Morgan fingerprint density at radius 3 is 3.00 bits per heavy atom. The van der Waals surface area contributed by atoms with Gasteiger partial charge in [0.05, 0.1) is 13.0 Å². The zero-order chi connectivity index (χ0) is 7.40. The van der Waals surface area contributed by atoms with Crippen LogP contribution in [-0.2, 0) is 9.53 Å². The van der Waals surface area contributed by atoms with Gasteiger partial charge in [0.1, 0.15) is 0 Å². The second-order valence-electron chi connectivity index (χ2n) is 2.90. The standard InChI is InChI=1S/C7H14O2Si/c8-7-4-6(5-9-7)2-1-3-10/h6H,1-5H2,10H3. The van der Waals surface area contributed by atoms with Crippen molar-refractivity contribution in [2.45, 2.75) is 25.3 Å². The molecule has 1 heterocycles. The number of esters is 1. The van der Waals surface area contributed by atoms with Gasteiger partial charge >= 0.3 is 5.97 Å². The van der Waals surface area contributed by atoms with E-state index in [1.807, 2.05) is 0 Å². The summed E-state index contributed by atoms with van der Waals surface area (Å²) in [5.74, 6) is 0.541. The molecule has 0 spiro atoms. The Hall–Kier alpha value is -0.313. The maximum absolute atomic E-state index is 10.6. The number of carbonyl (C=O) groups excluding carboxylic acids is 1. The molecular weight excluding hydrogens is 144 g/mol. The molecule has 1 atom stereocenters. The Morgan fingerprint density at radius 2 is 2.50 bits per heavy atom. The zero-order valence-electron chi connectivity index (χ0n) is 6.43. The summed E-state index contributed by atoms with van der Waals surface area (Å²) in [4.78, 5) is 10.6. The van der Waals surface area contributed by atoms with Gasteiger partial charge in [-0.05, 0) is 6.42 Å². The molecule has 1 rings (SSSR count). The average molecular weight is 158 g/mol. The van der Waals surface area contributed by atoms with Crippen molar-refractivity contribution in [3.63, 3.8) is 0 Å². The number of cyclic esters (lactones) is 1. The molecule has 0 radical (unpaired) electrons. The fourth-order valence-corrected chi connectivity index (χ4v) is 1.65. The molecule has 0 aromatic rings. The molecule has 0 aromatic carbocycles. The topological polar surface area (TPSA) is 26.3 Å². The van der Waals surface area contributed by atoms with E-state index in [1.165, 1.54) is 29.1 Å². The minimum Gasteiger partial charge on any atom is -0.465 e. The highest BCUT2D eigenvalue weighted by Crippen LogP contribution is 2.19. The van der Waals surface area contributed by atoms with Crippen LogP contribution in [-0.4, -0.2) is 22.8 Å². The van der Waals surface area contributed by atoms with Crippen molar-refractivity contribution in [1.82, 2.24) is 0 Å². The molecule has 0 aliphatic carbocycles. The highest BCUT2D eigenvalue weighted by molar-refractivity contribution is 6.08. The van der Waals surface area contributed by atoms with Crippen LogP contribution in [0.3, 0.4) is 0 Å². The van der Waals surface area contributed by atoms with Crippen LogP contribution >= 0.6 is 0 Å². The third-order valence-corrected chi connectivity index (χ3v) is 2.61. The first-order chi connectivity index (χ1) is 4.83. The van der Waals surface area contributed by atoms with Gasteiger partial charge in [-0.3, -0.25) is 4.79 Å². The summed E-state index contributed by atoms with van der Waals surface area (Å²) in [7, 11) is 1.29. The van der Waals surface area contributed by atoms with E-state index in [1.54, 1.807) is 0 Å². The SMILES string of the molecule is O=C1CC(CCC[SiH3])CO1. The molecule has 1 unspecified atom stereocenters. The Bertz CT molecular complexity index is 125. The summed E-state index contributed by atoms with van der Waals surface area (Å²) in [6.45, 7) is 0.681. The molecular formula is C7H14O2Si. The monoisotopic (exact) mass is 158 g/mol. The van der Waals surface area contributed by atoms with Gasteiger partial charge in [-0.1, -0.05) is 12.5 Å². The lowest BCUT2D eigenvalue weighted by molar-refractivity contribution is -0.137. The van der Waals surface area contributed by atoms with Gasteiger partial charge in [0.25, 0.3) is 0 Å². The Labute approximate surface area is 64.4 Å². The molecule has 10 heavy (non-hydrogen) atoms. The van der Waals surface area contributed by atoms with Gasteiger partial charge in [-0.2, -0.15) is 0 Å². The lowest BCUT2D eigenvalue weighted by atomic mass is 10.0. The van der Waals surface area contributed by atoms with Gasteiger partial charge in [-0.15, -0.1) is 0 Å². The molecule has 1 aliphatic heterocycles. The Balaban J connectivity index is 2.12. The molecule has 0 amide bonds. The quantitative estimate of drug-likeness (QED) is 0.430. The molecule has 0 aromatic heterocycles. The van der Waals surface area contributed by atoms with Crippen molar-refractivity contribution < 1.29 is 9.53 Å². The van der Waals surface area contributed by atoms with E-state index >= 15 is 0 Å². The number of hydrogen-bond donors (Lipinski definition) is 0. The van der Waals surface area contributed by atoms with Crippen LogP contribution in [0, 0.1) is 5.92 Å². The van der Waals surface area contributed by atoms with Crippen LogP contribution in [0.15, 0.2) is 0 Å². The van der Waals surface area contributed by atoms with Gasteiger partial charge < -0.3 is 4.74 Å². The first-order valence-electron chi connectivity index (χ1n) is 3.98. The highest BCUT2D eigenvalue weighted by Gasteiger charge is 2.22. The van der Waals surface area contributed by atoms with E-state index in [0.29, 0.717) is 18.9 Å². The molecule has 58 valence electrons. The van der Waals surface area contributed by atoms with E-state index in [-0.39, 0.29) is 5.97 Å². The van der Waals surface area contributed by atoms with Crippen molar-refractivity contribution >= 4 is 16.2 Å². The summed E-state index contributed by atoms with van der Waals surface area (Å²) < 4.78 is 4.83. The maximum atomic E-state index is 10.6. The van der Waals surface area contributed by atoms with Gasteiger partial charge in [0.15, 0.2) is 0 Å². The summed E-state index contributed by atoms with van der Waals surface area (Å²) in [5, 5.41) is 0. The van der Waals surface area contributed by atoms with Crippen molar-refractivity contribution in [3.8, 4) is 0 Å². The Kier molecular flexibility index (Phi) is 2.93. The van der Waals surface area contributed by atoms with Gasteiger partial charge in [-0.25, -0.2) is 0 Å². The van der Waals surface area contributed by atoms with E-state index in [9.17, 15) is 4.79 Å². The molecule has 0 N–H and O–H groups in total. The van der Waals surface area contributed by atoms with Crippen LogP contribution in [0.25, 0.3) is 0 Å². The molecule has 3 heteroatoms. The Morgan fingerprint density at radius 1 is 1.70 bits per heavy atom. The summed E-state index contributed by atoms with van der Waals surface area (Å²) in [5.41, 5.74) is 0. The number of hydrogen-bond acceptors (Lipinski definition) is 2. The largest absolute Gasteiger partial charge is 0.465 e. The van der Waals surface area contributed by atoms with Crippen LogP contribution < -0.4 is 0 Å². The molecule has 2 nitrogen and oxygen atoms in total. The van der Waals surface area contributed by atoms with Crippen molar-refractivity contribution in [1.29, 1.82) is 0 Å². The van der Waals surface area contributed by atoms with Crippen molar-refractivity contribution in [2.75, 3.05) is 6.61 Å². The van der Waals surface area contributed by atoms with Gasteiger partial charge in [0, 0.05) is 16.2 Å². The average Bonchev–Trinajstić information content (AvgIpc) is 2.31. The number of ether oxygens (including phenoxy) is 1. The second kappa shape index (κ2) is 3.76. The molecule has 1 aliphatic rings. The zero-order valence-corrected chi connectivity index (χ0v) is 8.43. The van der Waals surface area contributed by atoms with Crippen molar-refractivity contribution in [2.24, 2.45) is 5.92 Å². The van der Waals surface area contributed by atoms with Crippen LogP contribution in [0.5, 0.6) is 0 Å². The van der Waals surface area contributed by atoms with Crippen molar-refractivity contribution in [3.05, 3.63) is 0 Å². The predicted molar refractivity (Wildman–Crippen MR) is 43.0 cm³/mol. The first kappa shape index (κ1) is 7.79. The van der Waals surface area contributed by atoms with E-state index in [4.69, 9.17) is 4.74 Å².